The van der Waals surface area contributed by atoms with Gasteiger partial charge in [-0.2, -0.15) is 0 Å². The summed E-state index contributed by atoms with van der Waals surface area (Å²) in [5, 5.41) is 0. The third kappa shape index (κ3) is 3.92. The number of aromatic nitrogens is 3. The first-order chi connectivity index (χ1) is 13.8. The molecular formula is C23H26ClN3O3. The van der Waals surface area contributed by atoms with E-state index in [4.69, 9.17) is 11.8 Å². The van der Waals surface area contributed by atoms with Gasteiger partial charge in [0.05, 0.1) is 11.4 Å². The third-order valence-electron chi connectivity index (χ3n) is 5.08. The monoisotopic (exact) mass is 427 g/mol. The largest absolute Gasteiger partial charge is 0.356 e. The van der Waals surface area contributed by atoms with Crippen LogP contribution in [0.3, 0.4) is 0 Å². The number of benzene rings is 2. The van der Waals surface area contributed by atoms with Crippen molar-refractivity contribution in [2.75, 3.05) is 0 Å². The Kier molecular flexibility index (Phi) is 5.41. The molecule has 30 heavy (non-hydrogen) atoms. The maximum atomic E-state index is 13.2. The second-order valence-electron chi connectivity index (χ2n) is 9.39. The van der Waals surface area contributed by atoms with Crippen molar-refractivity contribution in [3.05, 3.63) is 91.1 Å². The molecule has 0 N–H and O–H groups in total. The van der Waals surface area contributed by atoms with Gasteiger partial charge in [-0.05, 0) is 46.2 Å². The first kappa shape index (κ1) is 21.8. The molecule has 0 bridgehead atoms. The Morgan fingerprint density at radius 3 is 1.13 bits per heavy atom. The summed E-state index contributed by atoms with van der Waals surface area (Å²) in [5.41, 5.74) is 0.0468. The van der Waals surface area contributed by atoms with Gasteiger partial charge in [0.15, 0.2) is 0 Å². The van der Waals surface area contributed by atoms with Crippen LogP contribution in [0.15, 0.2) is 62.9 Å². The average molecular weight is 428 g/mol. The van der Waals surface area contributed by atoms with Gasteiger partial charge in [0.2, 0.25) is 0 Å². The van der Waals surface area contributed by atoms with Crippen LogP contribution in [0.1, 0.15) is 52.7 Å². The smallest absolute Gasteiger partial charge is 0.246 e. The van der Waals surface area contributed by atoms with Gasteiger partial charge in [0, 0.05) is 11.8 Å². The van der Waals surface area contributed by atoms with Crippen molar-refractivity contribution in [1.29, 1.82) is 0 Å². The fourth-order valence-corrected chi connectivity index (χ4v) is 3.33. The second-order valence-corrected chi connectivity index (χ2v) is 9.73. The van der Waals surface area contributed by atoms with Crippen molar-refractivity contribution in [1.82, 2.24) is 13.2 Å². The molecule has 1 heterocycles. The van der Waals surface area contributed by atoms with Crippen LogP contribution in [0.2, 0.25) is 0 Å². The number of nitrogens with zero attached hydrogens (tertiary/aromatic N) is 3. The standard InChI is InChI=1S/C23H26ClN3O3/c1-22(2,3)15-7-11-17(12-8-15)25-19(28)26(21(30)27(24)20(25)29)18-13-9-16(10-14-18)23(4,5)6/h7-14H,1-6H3. The van der Waals surface area contributed by atoms with Crippen LogP contribution in [0.4, 0.5) is 0 Å². The molecule has 0 saturated carbocycles. The van der Waals surface area contributed by atoms with E-state index in [-0.39, 0.29) is 10.8 Å². The SMILES string of the molecule is CC(C)(C)c1ccc(-n2c(=O)n(Cl)c(=O)n(-c3ccc(C(C)(C)C)cc3)c2=O)cc1. The molecule has 3 aromatic rings. The van der Waals surface area contributed by atoms with Crippen LogP contribution in [-0.2, 0) is 10.8 Å². The van der Waals surface area contributed by atoms with Gasteiger partial charge in [0.1, 0.15) is 0 Å². The molecule has 7 heteroatoms. The predicted octanol–water partition coefficient (Wildman–Crippen LogP) is 3.75. The van der Waals surface area contributed by atoms with Crippen LogP contribution in [0, 0.1) is 0 Å². The Hall–Kier alpha value is -2.86. The first-order valence-electron chi connectivity index (χ1n) is 9.71. The zero-order valence-electron chi connectivity index (χ0n) is 18.1. The molecule has 0 atom stereocenters. The fourth-order valence-electron chi connectivity index (χ4n) is 3.18. The molecule has 0 radical (unpaired) electrons. The van der Waals surface area contributed by atoms with Crippen molar-refractivity contribution in [2.45, 2.75) is 52.4 Å². The fraction of sp³-hybridized carbons (Fsp3) is 0.348. The lowest BCUT2D eigenvalue weighted by Crippen LogP contribution is -2.51. The lowest BCUT2D eigenvalue weighted by molar-refractivity contribution is 0.589. The van der Waals surface area contributed by atoms with E-state index in [9.17, 15) is 14.4 Å². The van der Waals surface area contributed by atoms with E-state index < -0.39 is 17.1 Å². The Morgan fingerprint density at radius 2 is 0.867 bits per heavy atom. The summed E-state index contributed by atoms with van der Waals surface area (Å²) in [6.45, 7) is 12.4. The average Bonchev–Trinajstić information content (AvgIpc) is 2.66. The Morgan fingerprint density at radius 1 is 0.567 bits per heavy atom. The minimum Gasteiger partial charge on any atom is -0.246 e. The molecule has 158 valence electrons. The molecule has 0 spiro atoms. The van der Waals surface area contributed by atoms with Gasteiger partial charge in [-0.15, -0.1) is 4.09 Å². The molecule has 0 aliphatic carbocycles. The summed E-state index contributed by atoms with van der Waals surface area (Å²) in [4.78, 5) is 38.5. The zero-order chi connectivity index (χ0) is 22.4. The summed E-state index contributed by atoms with van der Waals surface area (Å²) in [5.74, 6) is 0. The van der Waals surface area contributed by atoms with Crippen LogP contribution in [-0.4, -0.2) is 13.2 Å². The number of rotatable bonds is 2. The Bertz CT molecular complexity index is 1150. The van der Waals surface area contributed by atoms with Crippen LogP contribution < -0.4 is 17.1 Å². The van der Waals surface area contributed by atoms with Gasteiger partial charge in [-0.1, -0.05) is 65.8 Å². The number of hydrogen-bond donors (Lipinski definition) is 0. The summed E-state index contributed by atoms with van der Waals surface area (Å²) in [7, 11) is 0. The van der Waals surface area contributed by atoms with Gasteiger partial charge in [0.25, 0.3) is 0 Å². The van der Waals surface area contributed by atoms with Gasteiger partial charge in [-0.3, -0.25) is 0 Å². The summed E-state index contributed by atoms with van der Waals surface area (Å²) in [6, 6.07) is 14.1. The summed E-state index contributed by atoms with van der Waals surface area (Å²) < 4.78 is 2.23. The van der Waals surface area contributed by atoms with Crippen LogP contribution >= 0.6 is 11.8 Å². The molecule has 0 aliphatic heterocycles. The molecule has 3 rings (SSSR count). The summed E-state index contributed by atoms with van der Waals surface area (Å²) in [6.07, 6.45) is 0. The van der Waals surface area contributed by atoms with Gasteiger partial charge >= 0.3 is 17.1 Å². The number of hydrogen-bond acceptors (Lipinski definition) is 3. The number of halogens is 1. The van der Waals surface area contributed by atoms with Crippen molar-refractivity contribution in [3.63, 3.8) is 0 Å². The molecule has 6 nitrogen and oxygen atoms in total. The van der Waals surface area contributed by atoms with Crippen molar-refractivity contribution in [2.24, 2.45) is 0 Å². The molecule has 0 aliphatic rings. The van der Waals surface area contributed by atoms with Gasteiger partial charge < -0.3 is 0 Å². The highest BCUT2D eigenvalue weighted by atomic mass is 35.5. The van der Waals surface area contributed by atoms with E-state index in [0.717, 1.165) is 20.3 Å². The first-order valence-corrected chi connectivity index (χ1v) is 10.1. The van der Waals surface area contributed by atoms with Crippen molar-refractivity contribution >= 4 is 11.8 Å². The maximum Gasteiger partial charge on any atom is 0.356 e. The van der Waals surface area contributed by atoms with E-state index in [1.165, 1.54) is 0 Å². The molecule has 2 aromatic carbocycles. The zero-order valence-corrected chi connectivity index (χ0v) is 18.8. The topological polar surface area (TPSA) is 66.0 Å². The normalized spacial score (nSPS) is 12.2. The minimum absolute atomic E-state index is 0.0796. The maximum absolute atomic E-state index is 13.2. The van der Waals surface area contributed by atoms with E-state index in [1.807, 2.05) is 24.3 Å². The van der Waals surface area contributed by atoms with E-state index in [0.29, 0.717) is 15.5 Å². The third-order valence-corrected chi connectivity index (χ3v) is 5.37. The Balaban J connectivity index is 2.23. The molecule has 0 saturated heterocycles. The summed E-state index contributed by atoms with van der Waals surface area (Å²) >= 11 is 5.98. The van der Waals surface area contributed by atoms with E-state index in [1.54, 1.807) is 24.3 Å². The highest BCUT2D eigenvalue weighted by Gasteiger charge is 2.20. The highest BCUT2D eigenvalue weighted by molar-refractivity contribution is 6.15. The van der Waals surface area contributed by atoms with E-state index in [2.05, 4.69) is 41.5 Å². The van der Waals surface area contributed by atoms with Crippen LogP contribution in [0.25, 0.3) is 11.4 Å². The predicted molar refractivity (Wildman–Crippen MR) is 121 cm³/mol. The highest BCUT2D eigenvalue weighted by Crippen LogP contribution is 2.23. The van der Waals surface area contributed by atoms with E-state index >= 15 is 0 Å². The lowest BCUT2D eigenvalue weighted by atomic mass is 9.87. The molecule has 0 unspecified atom stereocenters. The van der Waals surface area contributed by atoms with Crippen LogP contribution in [0.5, 0.6) is 0 Å². The van der Waals surface area contributed by atoms with Crippen molar-refractivity contribution in [3.8, 4) is 11.4 Å². The molecular weight excluding hydrogens is 402 g/mol. The van der Waals surface area contributed by atoms with Crippen molar-refractivity contribution < 1.29 is 0 Å². The Labute approximate surface area is 180 Å². The quantitative estimate of drug-likeness (QED) is 0.625. The minimum atomic E-state index is -0.905. The molecule has 0 fully saturated rings. The van der Waals surface area contributed by atoms with Gasteiger partial charge in [-0.25, -0.2) is 23.5 Å². The second kappa shape index (κ2) is 7.43. The molecule has 1 aromatic heterocycles. The lowest BCUT2D eigenvalue weighted by Gasteiger charge is -2.20. The molecule has 0 amide bonds.